The molecule has 26 heavy (non-hydrogen) atoms. The van der Waals surface area contributed by atoms with Crippen molar-refractivity contribution in [2.45, 2.75) is 0 Å². The molecule has 1 heterocycles. The number of methoxy groups -OCH3 is 2. The number of rotatable bonds is 8. The highest BCUT2D eigenvalue weighted by atomic mass is 16.6. The molecule has 0 aliphatic rings. The van der Waals surface area contributed by atoms with Gasteiger partial charge in [-0.3, -0.25) is 14.9 Å². The van der Waals surface area contributed by atoms with Crippen molar-refractivity contribution in [3.8, 4) is 11.5 Å². The van der Waals surface area contributed by atoms with E-state index in [-0.39, 0.29) is 11.3 Å². The number of carbonyl (C=O) groups is 2. The minimum atomic E-state index is -0.801. The van der Waals surface area contributed by atoms with Gasteiger partial charge in [0.2, 0.25) is 5.78 Å². The van der Waals surface area contributed by atoms with Crippen LogP contribution >= 0.6 is 0 Å². The zero-order valence-corrected chi connectivity index (χ0v) is 14.0. The summed E-state index contributed by atoms with van der Waals surface area (Å²) >= 11 is 0. The molecule has 0 unspecified atom stereocenters. The summed E-state index contributed by atoms with van der Waals surface area (Å²) in [6.45, 7) is -0.496. The maximum Gasteiger partial charge on any atom is 0.433 e. The molecular formula is C17H15NO8. The number of benzene rings is 1. The highest BCUT2D eigenvalue weighted by Crippen LogP contribution is 2.25. The monoisotopic (exact) mass is 361 g/mol. The molecule has 0 spiro atoms. The Labute approximate surface area is 147 Å². The van der Waals surface area contributed by atoms with Gasteiger partial charge in [-0.05, 0) is 24.3 Å². The van der Waals surface area contributed by atoms with Crippen LogP contribution in [-0.2, 0) is 9.53 Å². The minimum Gasteiger partial charge on any atom is -0.497 e. The summed E-state index contributed by atoms with van der Waals surface area (Å²) in [5.74, 6) is -0.781. The summed E-state index contributed by atoms with van der Waals surface area (Å²) < 4.78 is 19.9. The van der Waals surface area contributed by atoms with Gasteiger partial charge in [0.15, 0.2) is 6.61 Å². The second-order valence-electron chi connectivity index (χ2n) is 4.86. The van der Waals surface area contributed by atoms with Crippen molar-refractivity contribution in [2.75, 3.05) is 20.8 Å². The van der Waals surface area contributed by atoms with Crippen LogP contribution in [0, 0.1) is 10.1 Å². The summed E-state index contributed by atoms with van der Waals surface area (Å²) in [7, 11) is 2.89. The van der Waals surface area contributed by atoms with E-state index in [1.54, 1.807) is 12.1 Å². The van der Waals surface area contributed by atoms with E-state index in [2.05, 4.69) is 0 Å². The Morgan fingerprint density at radius 1 is 1.19 bits per heavy atom. The van der Waals surface area contributed by atoms with Crippen LogP contribution in [0.3, 0.4) is 0 Å². The molecule has 0 N–H and O–H groups in total. The van der Waals surface area contributed by atoms with Crippen molar-refractivity contribution < 1.29 is 33.1 Å². The maximum atomic E-state index is 12.2. The van der Waals surface area contributed by atoms with Gasteiger partial charge in [0, 0.05) is 12.1 Å². The van der Waals surface area contributed by atoms with Crippen LogP contribution < -0.4 is 9.47 Å². The number of ketones is 1. The zero-order chi connectivity index (χ0) is 19.1. The number of furan rings is 1. The summed E-state index contributed by atoms with van der Waals surface area (Å²) in [5, 5.41) is 10.5. The fourth-order valence-electron chi connectivity index (χ4n) is 1.97. The van der Waals surface area contributed by atoms with Gasteiger partial charge in [-0.25, -0.2) is 4.79 Å². The first-order valence-electron chi connectivity index (χ1n) is 7.29. The third kappa shape index (κ3) is 4.69. The predicted molar refractivity (Wildman–Crippen MR) is 89.2 cm³/mol. The smallest absolute Gasteiger partial charge is 0.433 e. The number of hydrogen-bond acceptors (Lipinski definition) is 8. The van der Waals surface area contributed by atoms with Gasteiger partial charge in [-0.2, -0.15) is 0 Å². The molecule has 136 valence electrons. The molecule has 2 aromatic rings. The molecule has 1 aromatic carbocycles. The fraction of sp³-hybridized carbons (Fsp3) is 0.176. The lowest BCUT2D eigenvalue weighted by Crippen LogP contribution is -2.13. The molecule has 0 amide bonds. The second kappa shape index (κ2) is 8.47. The van der Waals surface area contributed by atoms with Gasteiger partial charge < -0.3 is 18.6 Å². The molecule has 0 radical (unpaired) electrons. The number of carbonyl (C=O) groups excluding carboxylic acids is 2. The fourth-order valence-corrected chi connectivity index (χ4v) is 1.97. The third-order valence-electron chi connectivity index (χ3n) is 3.23. The Kier molecular flexibility index (Phi) is 6.10. The first-order chi connectivity index (χ1) is 12.4. The Morgan fingerprint density at radius 2 is 1.96 bits per heavy atom. The van der Waals surface area contributed by atoms with Gasteiger partial charge in [0.1, 0.15) is 22.2 Å². The van der Waals surface area contributed by atoms with Crippen LogP contribution in [0.1, 0.15) is 16.1 Å². The highest BCUT2D eigenvalue weighted by molar-refractivity contribution is 6.01. The molecule has 2 rings (SSSR count). The molecular weight excluding hydrogens is 346 g/mol. The molecule has 1 aromatic heterocycles. The van der Waals surface area contributed by atoms with E-state index < -0.39 is 29.2 Å². The summed E-state index contributed by atoms with van der Waals surface area (Å²) in [4.78, 5) is 33.6. The van der Waals surface area contributed by atoms with E-state index in [1.807, 2.05) is 0 Å². The molecule has 0 bridgehead atoms. The van der Waals surface area contributed by atoms with Crippen molar-refractivity contribution >= 4 is 23.7 Å². The van der Waals surface area contributed by atoms with Crippen LogP contribution in [0.5, 0.6) is 11.5 Å². The second-order valence-corrected chi connectivity index (χ2v) is 4.86. The van der Waals surface area contributed by atoms with Gasteiger partial charge in [0.25, 0.3) is 0 Å². The van der Waals surface area contributed by atoms with Crippen molar-refractivity contribution in [1.82, 2.24) is 0 Å². The van der Waals surface area contributed by atoms with E-state index in [4.69, 9.17) is 18.6 Å². The number of Topliss-reactive ketones (excluding diaryl/α,β-unsaturated/α-hetero) is 1. The van der Waals surface area contributed by atoms with Crippen LogP contribution in [0.15, 0.2) is 40.8 Å². The first-order valence-corrected chi connectivity index (χ1v) is 7.29. The quantitative estimate of drug-likeness (QED) is 0.231. The van der Waals surface area contributed by atoms with Crippen molar-refractivity contribution in [1.29, 1.82) is 0 Å². The number of nitrogens with zero attached hydrogens (tertiary/aromatic N) is 1. The van der Waals surface area contributed by atoms with Gasteiger partial charge in [-0.15, -0.1) is 0 Å². The first kappa shape index (κ1) is 18.7. The van der Waals surface area contributed by atoms with Crippen molar-refractivity contribution in [3.63, 3.8) is 0 Å². The van der Waals surface area contributed by atoms with E-state index in [0.29, 0.717) is 11.5 Å². The number of hydrogen-bond donors (Lipinski definition) is 0. The predicted octanol–water partition coefficient (Wildman–Crippen LogP) is 2.64. The van der Waals surface area contributed by atoms with Crippen LogP contribution in [0.25, 0.3) is 6.08 Å². The Morgan fingerprint density at radius 3 is 2.58 bits per heavy atom. The van der Waals surface area contributed by atoms with Gasteiger partial charge >= 0.3 is 11.9 Å². The summed E-state index contributed by atoms with van der Waals surface area (Å²) in [6.07, 6.45) is 2.20. The minimum absolute atomic E-state index is 0.108. The Hall–Kier alpha value is -3.62. The standard InChI is InChI=1S/C17H15NO8/c1-23-12-3-6-13(15(9-12)24-2)14(19)10-25-17(20)8-5-11-4-7-16(26-11)18(21)22/h3-9H,10H2,1-2H3/b8-5+. The van der Waals surface area contributed by atoms with E-state index in [0.717, 1.165) is 12.1 Å². The highest BCUT2D eigenvalue weighted by Gasteiger charge is 2.15. The number of ether oxygens (including phenoxy) is 3. The topological polar surface area (TPSA) is 118 Å². The molecule has 0 atom stereocenters. The summed E-state index contributed by atoms with van der Waals surface area (Å²) in [6, 6.07) is 7.12. The van der Waals surface area contributed by atoms with Crippen LogP contribution in [0.4, 0.5) is 5.88 Å². The maximum absolute atomic E-state index is 12.2. The molecule has 0 saturated heterocycles. The van der Waals surface area contributed by atoms with Crippen LogP contribution in [0.2, 0.25) is 0 Å². The average molecular weight is 361 g/mol. The molecule has 9 heteroatoms. The SMILES string of the molecule is COc1ccc(C(=O)COC(=O)/C=C/c2ccc([N+](=O)[O-])o2)c(OC)c1. The lowest BCUT2D eigenvalue weighted by Gasteiger charge is -2.09. The lowest BCUT2D eigenvalue weighted by molar-refractivity contribution is -0.402. The van der Waals surface area contributed by atoms with E-state index >= 15 is 0 Å². The largest absolute Gasteiger partial charge is 0.497 e. The molecule has 0 saturated carbocycles. The van der Waals surface area contributed by atoms with Gasteiger partial charge in [0.05, 0.1) is 25.8 Å². The molecule has 0 fully saturated rings. The zero-order valence-electron chi connectivity index (χ0n) is 14.0. The molecule has 9 nitrogen and oxygen atoms in total. The van der Waals surface area contributed by atoms with Gasteiger partial charge in [-0.1, -0.05) is 0 Å². The van der Waals surface area contributed by atoms with Crippen molar-refractivity contribution in [2.24, 2.45) is 0 Å². The normalized spacial score (nSPS) is 10.5. The Balaban J connectivity index is 1.95. The summed E-state index contributed by atoms with van der Waals surface area (Å²) in [5.41, 5.74) is 0.242. The average Bonchev–Trinajstić information content (AvgIpc) is 3.13. The van der Waals surface area contributed by atoms with Crippen molar-refractivity contribution in [3.05, 3.63) is 57.8 Å². The van der Waals surface area contributed by atoms with E-state index in [9.17, 15) is 19.7 Å². The molecule has 0 aliphatic heterocycles. The number of nitro groups is 1. The number of esters is 1. The third-order valence-corrected chi connectivity index (χ3v) is 3.23. The van der Waals surface area contributed by atoms with Crippen LogP contribution in [-0.4, -0.2) is 37.5 Å². The van der Waals surface area contributed by atoms with E-state index in [1.165, 1.54) is 32.4 Å². The Bertz CT molecular complexity index is 852. The lowest BCUT2D eigenvalue weighted by atomic mass is 10.1. The molecule has 0 aliphatic carbocycles.